The number of ether oxygens (including phenoxy) is 1. The maximum absolute atomic E-state index is 5.84. The van der Waals surface area contributed by atoms with Crippen LogP contribution in [0.15, 0.2) is 18.2 Å². The van der Waals surface area contributed by atoms with E-state index in [-0.39, 0.29) is 6.04 Å². The smallest absolute Gasteiger partial charge is 0.126 e. The molecular weight excluding hydrogens is 214 g/mol. The zero-order chi connectivity index (χ0) is 12.4. The molecular formula is C13H17N3O. The molecule has 4 heteroatoms. The van der Waals surface area contributed by atoms with Crippen molar-refractivity contribution in [3.63, 3.8) is 0 Å². The number of benzene rings is 1. The normalized spacial score (nSPS) is 12.7. The van der Waals surface area contributed by atoms with Crippen LogP contribution in [-0.4, -0.2) is 23.1 Å². The molecule has 0 amide bonds. The van der Waals surface area contributed by atoms with Crippen LogP contribution in [0.5, 0.6) is 5.75 Å². The molecule has 0 saturated carbocycles. The van der Waals surface area contributed by atoms with E-state index in [2.05, 4.69) is 9.97 Å². The lowest BCUT2D eigenvalue weighted by Crippen LogP contribution is -2.19. The van der Waals surface area contributed by atoms with Gasteiger partial charge in [0, 0.05) is 23.9 Å². The van der Waals surface area contributed by atoms with Gasteiger partial charge < -0.3 is 10.5 Å². The second-order valence-corrected chi connectivity index (χ2v) is 4.28. The van der Waals surface area contributed by atoms with E-state index in [1.165, 1.54) is 0 Å². The Labute approximate surface area is 101 Å². The molecule has 1 heterocycles. The Morgan fingerprint density at radius 1 is 1.35 bits per heavy atom. The maximum atomic E-state index is 5.84. The Kier molecular flexibility index (Phi) is 3.24. The fraction of sp³-hybridized carbons (Fsp3) is 0.385. The third-order valence-electron chi connectivity index (χ3n) is 2.61. The molecule has 1 aromatic carbocycles. The van der Waals surface area contributed by atoms with Gasteiger partial charge in [-0.1, -0.05) is 0 Å². The van der Waals surface area contributed by atoms with Gasteiger partial charge in [-0.2, -0.15) is 0 Å². The van der Waals surface area contributed by atoms with Crippen molar-refractivity contribution in [1.82, 2.24) is 9.97 Å². The van der Waals surface area contributed by atoms with Gasteiger partial charge >= 0.3 is 0 Å². The molecule has 0 bridgehead atoms. The van der Waals surface area contributed by atoms with Gasteiger partial charge in [0.2, 0.25) is 0 Å². The molecule has 4 nitrogen and oxygen atoms in total. The summed E-state index contributed by atoms with van der Waals surface area (Å²) in [6, 6.07) is 5.93. The first-order chi connectivity index (χ1) is 8.10. The van der Waals surface area contributed by atoms with Crippen molar-refractivity contribution in [2.75, 3.05) is 7.11 Å². The molecule has 2 rings (SSSR count). The molecule has 1 unspecified atom stereocenters. The number of hydrogen-bond acceptors (Lipinski definition) is 4. The third-order valence-corrected chi connectivity index (χ3v) is 2.61. The number of nitrogens with two attached hydrogens (primary N) is 1. The maximum Gasteiger partial charge on any atom is 0.126 e. The Balaban J connectivity index is 2.59. The average Bonchev–Trinajstić information content (AvgIpc) is 2.27. The molecule has 2 aromatic rings. The molecule has 90 valence electrons. The van der Waals surface area contributed by atoms with Crippen LogP contribution in [0.1, 0.15) is 18.4 Å². The zero-order valence-electron chi connectivity index (χ0n) is 10.4. The summed E-state index contributed by atoms with van der Waals surface area (Å²) < 4.78 is 5.20. The van der Waals surface area contributed by atoms with E-state index in [1.807, 2.05) is 32.0 Å². The van der Waals surface area contributed by atoms with Gasteiger partial charge in [-0.05, 0) is 26.0 Å². The summed E-state index contributed by atoms with van der Waals surface area (Å²) in [6.07, 6.45) is 0.756. The summed E-state index contributed by atoms with van der Waals surface area (Å²) in [5.41, 5.74) is 7.75. The minimum absolute atomic E-state index is 0.0922. The first kappa shape index (κ1) is 11.8. The van der Waals surface area contributed by atoms with E-state index in [1.54, 1.807) is 7.11 Å². The van der Waals surface area contributed by atoms with Gasteiger partial charge in [0.05, 0.1) is 18.3 Å². The van der Waals surface area contributed by atoms with Crippen molar-refractivity contribution in [3.8, 4) is 5.75 Å². The molecule has 0 radical (unpaired) electrons. The Morgan fingerprint density at radius 2 is 2.12 bits per heavy atom. The van der Waals surface area contributed by atoms with E-state index < -0.39 is 0 Å². The zero-order valence-corrected chi connectivity index (χ0v) is 10.4. The summed E-state index contributed by atoms with van der Waals surface area (Å²) >= 11 is 0. The minimum Gasteiger partial charge on any atom is -0.497 e. The summed E-state index contributed by atoms with van der Waals surface area (Å²) in [7, 11) is 1.65. The van der Waals surface area contributed by atoms with E-state index in [0.29, 0.717) is 0 Å². The lowest BCUT2D eigenvalue weighted by molar-refractivity contribution is 0.415. The van der Waals surface area contributed by atoms with Crippen LogP contribution in [-0.2, 0) is 6.42 Å². The summed E-state index contributed by atoms with van der Waals surface area (Å²) in [5, 5.41) is 1.05. The fourth-order valence-electron chi connectivity index (χ4n) is 1.89. The highest BCUT2D eigenvalue weighted by Crippen LogP contribution is 2.22. The van der Waals surface area contributed by atoms with Crippen LogP contribution >= 0.6 is 0 Å². The molecule has 0 spiro atoms. The molecule has 0 fully saturated rings. The van der Waals surface area contributed by atoms with Crippen LogP contribution in [0.4, 0.5) is 0 Å². The molecule has 0 aliphatic rings. The average molecular weight is 231 g/mol. The van der Waals surface area contributed by atoms with Crippen LogP contribution in [0.25, 0.3) is 10.9 Å². The van der Waals surface area contributed by atoms with Gasteiger partial charge in [-0.25, -0.2) is 9.97 Å². The van der Waals surface area contributed by atoms with E-state index >= 15 is 0 Å². The lowest BCUT2D eigenvalue weighted by atomic mass is 10.1. The summed E-state index contributed by atoms with van der Waals surface area (Å²) in [6.45, 7) is 3.87. The predicted octanol–water partition coefficient (Wildman–Crippen LogP) is 1.84. The predicted molar refractivity (Wildman–Crippen MR) is 68.2 cm³/mol. The number of nitrogens with zero attached hydrogens (tertiary/aromatic N) is 2. The van der Waals surface area contributed by atoms with Gasteiger partial charge in [0.1, 0.15) is 11.6 Å². The number of hydrogen-bond donors (Lipinski definition) is 1. The standard InChI is InChI=1S/C13H17N3O/c1-8(14)6-12-11-5-4-10(17-3)7-13(11)16-9(2)15-12/h4-5,7-8H,6,14H2,1-3H3. The fourth-order valence-corrected chi connectivity index (χ4v) is 1.89. The highest BCUT2D eigenvalue weighted by Gasteiger charge is 2.08. The summed E-state index contributed by atoms with van der Waals surface area (Å²) in [4.78, 5) is 8.89. The third kappa shape index (κ3) is 2.53. The van der Waals surface area contributed by atoms with E-state index in [9.17, 15) is 0 Å². The topological polar surface area (TPSA) is 61.0 Å². The minimum atomic E-state index is 0.0922. The van der Waals surface area contributed by atoms with Crippen molar-refractivity contribution in [2.45, 2.75) is 26.3 Å². The molecule has 2 N–H and O–H groups in total. The van der Waals surface area contributed by atoms with Crippen molar-refractivity contribution in [1.29, 1.82) is 0 Å². The molecule has 1 atom stereocenters. The van der Waals surface area contributed by atoms with Gasteiger partial charge in [-0.3, -0.25) is 0 Å². The van der Waals surface area contributed by atoms with Crippen molar-refractivity contribution >= 4 is 10.9 Å². The second kappa shape index (κ2) is 4.67. The monoisotopic (exact) mass is 231 g/mol. The molecule has 1 aromatic heterocycles. The first-order valence-electron chi connectivity index (χ1n) is 5.67. The number of methoxy groups -OCH3 is 1. The first-order valence-corrected chi connectivity index (χ1v) is 5.67. The number of rotatable bonds is 3. The number of aryl methyl sites for hydroxylation is 1. The molecule has 0 saturated heterocycles. The highest BCUT2D eigenvalue weighted by atomic mass is 16.5. The van der Waals surface area contributed by atoms with Crippen LogP contribution in [0, 0.1) is 6.92 Å². The molecule has 0 aliphatic heterocycles. The van der Waals surface area contributed by atoms with Gasteiger partial charge in [-0.15, -0.1) is 0 Å². The number of fused-ring (bicyclic) bond motifs is 1. The largest absolute Gasteiger partial charge is 0.497 e. The molecule has 17 heavy (non-hydrogen) atoms. The Bertz CT molecular complexity index is 537. The lowest BCUT2D eigenvalue weighted by Gasteiger charge is -2.10. The summed E-state index contributed by atoms with van der Waals surface area (Å²) in [5.74, 6) is 1.57. The Hall–Kier alpha value is -1.68. The van der Waals surface area contributed by atoms with Crippen molar-refractivity contribution in [2.24, 2.45) is 5.73 Å². The van der Waals surface area contributed by atoms with Crippen molar-refractivity contribution in [3.05, 3.63) is 29.7 Å². The molecule has 0 aliphatic carbocycles. The van der Waals surface area contributed by atoms with Crippen LogP contribution in [0.2, 0.25) is 0 Å². The highest BCUT2D eigenvalue weighted by molar-refractivity contribution is 5.82. The van der Waals surface area contributed by atoms with E-state index in [0.717, 1.165) is 34.6 Å². The van der Waals surface area contributed by atoms with Crippen LogP contribution in [0.3, 0.4) is 0 Å². The second-order valence-electron chi connectivity index (χ2n) is 4.28. The SMILES string of the molecule is COc1ccc2c(CC(C)N)nc(C)nc2c1. The number of aromatic nitrogens is 2. The van der Waals surface area contributed by atoms with E-state index in [4.69, 9.17) is 10.5 Å². The van der Waals surface area contributed by atoms with Gasteiger partial charge in [0.25, 0.3) is 0 Å². The van der Waals surface area contributed by atoms with Crippen LogP contribution < -0.4 is 10.5 Å². The van der Waals surface area contributed by atoms with Gasteiger partial charge in [0.15, 0.2) is 0 Å². The quantitative estimate of drug-likeness (QED) is 0.875. The van der Waals surface area contributed by atoms with Crippen molar-refractivity contribution < 1.29 is 4.74 Å². The Morgan fingerprint density at radius 3 is 2.76 bits per heavy atom.